The van der Waals surface area contributed by atoms with Gasteiger partial charge in [-0.3, -0.25) is 9.69 Å². The van der Waals surface area contributed by atoms with Crippen LogP contribution >= 0.6 is 0 Å². The minimum absolute atomic E-state index is 0.0492. The van der Waals surface area contributed by atoms with Gasteiger partial charge >= 0.3 is 6.09 Å². The quantitative estimate of drug-likeness (QED) is 0.714. The van der Waals surface area contributed by atoms with Gasteiger partial charge in [0.2, 0.25) is 5.91 Å². The number of cyclic esters (lactones) is 1. The highest BCUT2D eigenvalue weighted by atomic mass is 16.6. The second-order valence-corrected chi connectivity index (χ2v) is 9.74. The molecule has 1 aliphatic carbocycles. The highest BCUT2D eigenvalue weighted by molar-refractivity contribution is 5.82. The number of nitrogens with zero attached hydrogens (tertiary/aromatic N) is 3. The van der Waals surface area contributed by atoms with Crippen LogP contribution in [0.3, 0.4) is 0 Å². The maximum atomic E-state index is 12.9. The molecule has 0 saturated carbocycles. The van der Waals surface area contributed by atoms with Crippen molar-refractivity contribution in [1.29, 1.82) is 0 Å². The van der Waals surface area contributed by atoms with Crippen LogP contribution in [-0.2, 0) is 9.53 Å². The molecule has 1 aromatic carbocycles. The van der Waals surface area contributed by atoms with Crippen molar-refractivity contribution in [2.24, 2.45) is 5.92 Å². The Balaban J connectivity index is 1.34. The molecular weight excluding hydrogens is 416 g/mol. The molecule has 5 rings (SSSR count). The molecule has 2 amide bonds. The predicted molar refractivity (Wildman–Crippen MR) is 123 cm³/mol. The van der Waals surface area contributed by atoms with E-state index in [4.69, 9.17) is 4.74 Å². The van der Waals surface area contributed by atoms with E-state index in [0.717, 1.165) is 42.6 Å². The number of benzene rings is 1. The van der Waals surface area contributed by atoms with E-state index < -0.39 is 5.60 Å². The minimum atomic E-state index is -0.603. The third-order valence-electron chi connectivity index (χ3n) is 7.18. The zero-order valence-corrected chi connectivity index (χ0v) is 19.1. The molecular formula is C26H30N4O3. The number of piperidine rings is 1. The lowest BCUT2D eigenvalue weighted by atomic mass is 9.78. The molecule has 2 saturated heterocycles. The Morgan fingerprint density at radius 2 is 1.85 bits per heavy atom. The number of amides is 2. The Hall–Kier alpha value is -3.22. The van der Waals surface area contributed by atoms with Crippen molar-refractivity contribution in [2.75, 3.05) is 6.54 Å². The fourth-order valence-corrected chi connectivity index (χ4v) is 5.60. The zero-order chi connectivity index (χ0) is 23.0. The van der Waals surface area contributed by atoms with Crippen LogP contribution in [0, 0.1) is 5.92 Å². The molecule has 4 atom stereocenters. The summed E-state index contributed by atoms with van der Waals surface area (Å²) in [6.07, 6.45) is 8.46. The Morgan fingerprint density at radius 3 is 2.55 bits per heavy atom. The van der Waals surface area contributed by atoms with E-state index in [0.29, 0.717) is 6.54 Å². The van der Waals surface area contributed by atoms with E-state index in [1.165, 1.54) is 0 Å². The summed E-state index contributed by atoms with van der Waals surface area (Å²) in [5.74, 6) is 0.810. The SMILES string of the molecule is CC1(C)OC(=O)N([C@@H]2CC=C(C3CC(c4ncccn4)CNC3=O)CC2)[C@H]1c1ccccc1. The van der Waals surface area contributed by atoms with E-state index in [-0.39, 0.29) is 35.9 Å². The maximum Gasteiger partial charge on any atom is 0.411 e. The minimum Gasteiger partial charge on any atom is -0.441 e. The lowest BCUT2D eigenvalue weighted by molar-refractivity contribution is -0.125. The normalized spacial score (nSPS) is 29.3. The van der Waals surface area contributed by atoms with E-state index in [2.05, 4.69) is 33.5 Å². The molecule has 172 valence electrons. The van der Waals surface area contributed by atoms with E-state index in [1.54, 1.807) is 18.5 Å². The first kappa shape index (κ1) is 21.6. The molecule has 3 aliphatic rings. The number of carbonyl (C=O) groups is 2. The van der Waals surface area contributed by atoms with Gasteiger partial charge in [-0.25, -0.2) is 14.8 Å². The van der Waals surface area contributed by atoms with Crippen molar-refractivity contribution < 1.29 is 14.3 Å². The van der Waals surface area contributed by atoms with Crippen molar-refractivity contribution in [3.05, 3.63) is 71.8 Å². The molecule has 7 nitrogen and oxygen atoms in total. The van der Waals surface area contributed by atoms with Gasteiger partial charge in [0.25, 0.3) is 0 Å². The largest absolute Gasteiger partial charge is 0.441 e. The topological polar surface area (TPSA) is 84.4 Å². The summed E-state index contributed by atoms with van der Waals surface area (Å²) in [6.45, 7) is 4.53. The summed E-state index contributed by atoms with van der Waals surface area (Å²) in [4.78, 5) is 36.3. The van der Waals surface area contributed by atoms with E-state index in [9.17, 15) is 9.59 Å². The van der Waals surface area contributed by atoms with Crippen LogP contribution in [-0.4, -0.2) is 45.1 Å². The Labute approximate surface area is 194 Å². The summed E-state index contributed by atoms with van der Waals surface area (Å²) in [7, 11) is 0. The van der Waals surface area contributed by atoms with Gasteiger partial charge in [-0.05, 0) is 51.2 Å². The fraction of sp³-hybridized carbons (Fsp3) is 0.462. The van der Waals surface area contributed by atoms with Crippen molar-refractivity contribution in [1.82, 2.24) is 20.2 Å². The number of ether oxygens (including phenoxy) is 1. The summed E-state index contributed by atoms with van der Waals surface area (Å²) in [5.41, 5.74) is 1.64. The molecule has 2 aromatic rings. The first-order chi connectivity index (χ1) is 15.9. The van der Waals surface area contributed by atoms with Crippen LogP contribution in [0.1, 0.15) is 62.9 Å². The number of hydrogen-bond acceptors (Lipinski definition) is 5. The van der Waals surface area contributed by atoms with E-state index >= 15 is 0 Å². The van der Waals surface area contributed by atoms with E-state index in [1.807, 2.05) is 36.9 Å². The van der Waals surface area contributed by atoms with Gasteiger partial charge in [0.15, 0.2) is 0 Å². The molecule has 7 heteroatoms. The van der Waals surface area contributed by atoms with Gasteiger partial charge < -0.3 is 10.1 Å². The van der Waals surface area contributed by atoms with Gasteiger partial charge in [0.05, 0.1) is 12.0 Å². The summed E-state index contributed by atoms with van der Waals surface area (Å²) in [6, 6.07) is 11.8. The second-order valence-electron chi connectivity index (χ2n) is 9.74. The standard InChI is InChI=1S/C26H30N4O3/c1-26(2)22(18-7-4-3-5-8-18)30(25(32)33-26)20-11-9-17(10-12-20)21-15-19(16-29-24(21)31)23-27-13-6-14-28-23/h3-9,13-14,19-22H,10-12,15-16H2,1-2H3,(H,29,31)/t19?,20-,21?,22+/m1/s1. The van der Waals surface area contributed by atoms with Crippen molar-refractivity contribution in [2.45, 2.75) is 63.1 Å². The zero-order valence-electron chi connectivity index (χ0n) is 19.1. The average molecular weight is 447 g/mol. The molecule has 33 heavy (non-hydrogen) atoms. The molecule has 1 N–H and O–H groups in total. The van der Waals surface area contributed by atoms with Gasteiger partial charge in [-0.1, -0.05) is 42.0 Å². The lowest BCUT2D eigenvalue weighted by Gasteiger charge is -2.37. The summed E-state index contributed by atoms with van der Waals surface area (Å²) in [5, 5.41) is 3.05. The van der Waals surface area contributed by atoms with Crippen LogP contribution < -0.4 is 5.32 Å². The molecule has 0 spiro atoms. The first-order valence-electron chi connectivity index (χ1n) is 11.7. The monoisotopic (exact) mass is 446 g/mol. The Morgan fingerprint density at radius 1 is 1.09 bits per heavy atom. The number of aromatic nitrogens is 2. The van der Waals surface area contributed by atoms with Gasteiger partial charge in [-0.2, -0.15) is 0 Å². The second kappa shape index (κ2) is 8.61. The first-order valence-corrected chi connectivity index (χ1v) is 11.7. The van der Waals surface area contributed by atoms with Crippen LogP contribution in [0.25, 0.3) is 0 Å². The van der Waals surface area contributed by atoms with Gasteiger partial charge in [-0.15, -0.1) is 0 Å². The number of hydrogen-bond donors (Lipinski definition) is 1. The molecule has 3 heterocycles. The lowest BCUT2D eigenvalue weighted by Crippen LogP contribution is -2.44. The smallest absolute Gasteiger partial charge is 0.411 e. The Bertz CT molecular complexity index is 1050. The summed E-state index contributed by atoms with van der Waals surface area (Å²) >= 11 is 0. The van der Waals surface area contributed by atoms with Crippen LogP contribution in [0.5, 0.6) is 0 Å². The predicted octanol–water partition coefficient (Wildman–Crippen LogP) is 4.15. The molecule has 2 fully saturated rings. The van der Waals surface area contributed by atoms with Gasteiger partial charge in [0, 0.05) is 30.9 Å². The van der Waals surface area contributed by atoms with Gasteiger partial charge in [0.1, 0.15) is 11.4 Å². The Kier molecular flexibility index (Phi) is 5.64. The highest BCUT2D eigenvalue weighted by Gasteiger charge is 2.51. The number of carbonyl (C=O) groups excluding carboxylic acids is 2. The van der Waals surface area contributed by atoms with Crippen LogP contribution in [0.15, 0.2) is 60.4 Å². The van der Waals surface area contributed by atoms with Crippen molar-refractivity contribution >= 4 is 12.0 Å². The van der Waals surface area contributed by atoms with Crippen molar-refractivity contribution in [3.63, 3.8) is 0 Å². The third-order valence-corrected chi connectivity index (χ3v) is 7.18. The number of nitrogens with one attached hydrogen (secondary N) is 1. The molecule has 1 aromatic heterocycles. The van der Waals surface area contributed by atoms with Crippen molar-refractivity contribution in [3.8, 4) is 0 Å². The molecule has 2 unspecified atom stereocenters. The number of rotatable bonds is 4. The molecule has 0 radical (unpaired) electrons. The fourth-order valence-electron chi connectivity index (χ4n) is 5.60. The average Bonchev–Trinajstić information content (AvgIpc) is 3.08. The van der Waals surface area contributed by atoms with Crippen LogP contribution in [0.4, 0.5) is 4.79 Å². The molecule has 2 aliphatic heterocycles. The van der Waals surface area contributed by atoms with Crippen LogP contribution in [0.2, 0.25) is 0 Å². The highest BCUT2D eigenvalue weighted by Crippen LogP contribution is 2.45. The molecule has 0 bridgehead atoms. The third kappa shape index (κ3) is 4.12. The summed E-state index contributed by atoms with van der Waals surface area (Å²) < 4.78 is 5.79. The maximum absolute atomic E-state index is 12.9.